The zero-order valence-electron chi connectivity index (χ0n) is 14.2. The third-order valence-corrected chi connectivity index (χ3v) is 4.87. The van der Waals surface area contributed by atoms with Gasteiger partial charge < -0.3 is 10.2 Å². The predicted octanol–water partition coefficient (Wildman–Crippen LogP) is 2.84. The number of hydrogen-bond donors (Lipinski definition) is 1. The van der Waals surface area contributed by atoms with Gasteiger partial charge in [0.1, 0.15) is 0 Å². The molecule has 1 N–H and O–H groups in total. The van der Waals surface area contributed by atoms with Crippen LogP contribution in [0.5, 0.6) is 0 Å². The number of allylic oxidation sites excluding steroid dienone is 1. The van der Waals surface area contributed by atoms with E-state index in [1.54, 1.807) is 0 Å². The maximum absolute atomic E-state index is 12.2. The summed E-state index contributed by atoms with van der Waals surface area (Å²) < 4.78 is 0. The highest BCUT2D eigenvalue weighted by Gasteiger charge is 2.30. The Labute approximate surface area is 143 Å². The van der Waals surface area contributed by atoms with Gasteiger partial charge >= 0.3 is 0 Å². The summed E-state index contributed by atoms with van der Waals surface area (Å²) in [6, 6.07) is 10.2. The first-order valence-corrected chi connectivity index (χ1v) is 8.99. The van der Waals surface area contributed by atoms with Crippen LogP contribution < -0.4 is 5.32 Å². The SMILES string of the molecule is O=C(CC1=CCCCC1)N[C@H]1CC(=O)N(CCc2ccccc2)C1. The molecular weight excluding hydrogens is 300 g/mol. The van der Waals surface area contributed by atoms with Gasteiger partial charge in [0.25, 0.3) is 0 Å². The van der Waals surface area contributed by atoms with Crippen LogP contribution in [0.4, 0.5) is 0 Å². The standard InChI is InChI=1S/C20H26N2O2/c23-19(13-17-9-5-2-6-10-17)21-18-14-20(24)22(15-18)12-11-16-7-3-1-4-8-16/h1,3-4,7-9,18H,2,5-6,10-15H2,(H,21,23)/t18-/m0/s1. The molecule has 4 heteroatoms. The molecule has 2 aliphatic rings. The number of carbonyl (C=O) groups is 2. The molecule has 0 spiro atoms. The molecule has 1 aliphatic carbocycles. The number of amides is 2. The van der Waals surface area contributed by atoms with Crippen LogP contribution in [0, 0.1) is 0 Å². The average Bonchev–Trinajstić information content (AvgIpc) is 2.94. The van der Waals surface area contributed by atoms with E-state index in [4.69, 9.17) is 0 Å². The molecule has 0 unspecified atom stereocenters. The van der Waals surface area contributed by atoms with Crippen molar-refractivity contribution in [3.8, 4) is 0 Å². The second-order valence-corrected chi connectivity index (χ2v) is 6.83. The van der Waals surface area contributed by atoms with Crippen LogP contribution in [0.1, 0.15) is 44.1 Å². The van der Waals surface area contributed by atoms with Crippen molar-refractivity contribution in [1.82, 2.24) is 10.2 Å². The van der Waals surface area contributed by atoms with Crippen LogP contribution in [0.25, 0.3) is 0 Å². The van der Waals surface area contributed by atoms with E-state index in [1.165, 1.54) is 24.0 Å². The van der Waals surface area contributed by atoms with Crippen molar-refractivity contribution >= 4 is 11.8 Å². The van der Waals surface area contributed by atoms with Crippen LogP contribution in [0.15, 0.2) is 42.0 Å². The van der Waals surface area contributed by atoms with Gasteiger partial charge in [0, 0.05) is 25.9 Å². The van der Waals surface area contributed by atoms with Crippen molar-refractivity contribution in [2.75, 3.05) is 13.1 Å². The van der Waals surface area contributed by atoms with Gasteiger partial charge in [0.15, 0.2) is 0 Å². The van der Waals surface area contributed by atoms with Crippen LogP contribution >= 0.6 is 0 Å². The molecular formula is C20H26N2O2. The van der Waals surface area contributed by atoms with Gasteiger partial charge in [-0.25, -0.2) is 0 Å². The fourth-order valence-electron chi connectivity index (χ4n) is 3.54. The second kappa shape index (κ2) is 8.13. The van der Waals surface area contributed by atoms with E-state index in [0.29, 0.717) is 19.4 Å². The van der Waals surface area contributed by atoms with E-state index in [1.807, 2.05) is 23.1 Å². The van der Waals surface area contributed by atoms with Crippen LogP contribution in [0.3, 0.4) is 0 Å². The first kappa shape index (κ1) is 16.7. The summed E-state index contributed by atoms with van der Waals surface area (Å²) in [7, 11) is 0. The lowest BCUT2D eigenvalue weighted by Crippen LogP contribution is -2.37. The van der Waals surface area contributed by atoms with Crippen LogP contribution in [-0.4, -0.2) is 35.8 Å². The molecule has 1 heterocycles. The third-order valence-electron chi connectivity index (χ3n) is 4.87. The number of benzene rings is 1. The van der Waals surface area contributed by atoms with E-state index in [-0.39, 0.29) is 17.9 Å². The average molecular weight is 326 g/mol. The zero-order chi connectivity index (χ0) is 16.8. The van der Waals surface area contributed by atoms with Crippen molar-refractivity contribution in [3.05, 3.63) is 47.5 Å². The fraction of sp³-hybridized carbons (Fsp3) is 0.500. The summed E-state index contributed by atoms with van der Waals surface area (Å²) in [6.45, 7) is 1.36. The summed E-state index contributed by atoms with van der Waals surface area (Å²) in [5, 5.41) is 3.04. The third kappa shape index (κ3) is 4.70. The minimum absolute atomic E-state index is 0.0371. The minimum Gasteiger partial charge on any atom is -0.351 e. The van der Waals surface area contributed by atoms with Gasteiger partial charge in [-0.3, -0.25) is 9.59 Å². The molecule has 0 bridgehead atoms. The number of nitrogens with one attached hydrogen (secondary N) is 1. The monoisotopic (exact) mass is 326 g/mol. The molecule has 1 aromatic carbocycles. The molecule has 0 radical (unpaired) electrons. The summed E-state index contributed by atoms with van der Waals surface area (Å²) in [6.07, 6.45) is 8.55. The van der Waals surface area contributed by atoms with E-state index in [2.05, 4.69) is 23.5 Å². The summed E-state index contributed by atoms with van der Waals surface area (Å²) in [5.74, 6) is 0.207. The van der Waals surface area contributed by atoms with Crippen LogP contribution in [-0.2, 0) is 16.0 Å². The highest BCUT2D eigenvalue weighted by molar-refractivity contribution is 5.83. The summed E-state index contributed by atoms with van der Waals surface area (Å²) in [5.41, 5.74) is 2.49. The molecule has 1 atom stereocenters. The van der Waals surface area contributed by atoms with Crippen molar-refractivity contribution in [2.45, 2.75) is 51.0 Å². The first-order valence-electron chi connectivity index (χ1n) is 8.99. The largest absolute Gasteiger partial charge is 0.351 e. The molecule has 1 fully saturated rings. The maximum Gasteiger partial charge on any atom is 0.224 e. The minimum atomic E-state index is -0.0371. The number of likely N-dealkylation sites (tertiary alicyclic amines) is 1. The van der Waals surface area contributed by atoms with Gasteiger partial charge in [-0.2, -0.15) is 0 Å². The van der Waals surface area contributed by atoms with Gasteiger partial charge in [-0.05, 0) is 37.7 Å². The molecule has 1 aliphatic heterocycles. The molecule has 1 saturated heterocycles. The Hall–Kier alpha value is -2.10. The van der Waals surface area contributed by atoms with Crippen molar-refractivity contribution < 1.29 is 9.59 Å². The van der Waals surface area contributed by atoms with E-state index in [9.17, 15) is 9.59 Å². The Kier molecular flexibility index (Phi) is 5.68. The number of hydrogen-bond acceptors (Lipinski definition) is 2. The Bertz CT molecular complexity index is 609. The highest BCUT2D eigenvalue weighted by Crippen LogP contribution is 2.20. The van der Waals surface area contributed by atoms with Crippen molar-refractivity contribution in [2.24, 2.45) is 0 Å². The maximum atomic E-state index is 12.2. The molecule has 128 valence electrons. The zero-order valence-corrected chi connectivity index (χ0v) is 14.2. The Morgan fingerprint density at radius 2 is 2.04 bits per heavy atom. The van der Waals surface area contributed by atoms with Gasteiger partial charge in [-0.1, -0.05) is 42.0 Å². The lowest BCUT2D eigenvalue weighted by molar-refractivity contribution is -0.127. The lowest BCUT2D eigenvalue weighted by atomic mass is 9.97. The van der Waals surface area contributed by atoms with Gasteiger partial charge in [0.2, 0.25) is 11.8 Å². The molecule has 0 aromatic heterocycles. The summed E-state index contributed by atoms with van der Waals surface area (Å²) in [4.78, 5) is 26.2. The van der Waals surface area contributed by atoms with Crippen molar-refractivity contribution in [1.29, 1.82) is 0 Å². The normalized spacial score (nSPS) is 20.8. The highest BCUT2D eigenvalue weighted by atomic mass is 16.2. The van der Waals surface area contributed by atoms with E-state index >= 15 is 0 Å². The number of nitrogens with zero attached hydrogens (tertiary/aromatic N) is 1. The van der Waals surface area contributed by atoms with E-state index < -0.39 is 0 Å². The predicted molar refractivity (Wildman–Crippen MR) is 94.4 cm³/mol. The van der Waals surface area contributed by atoms with Crippen LogP contribution in [0.2, 0.25) is 0 Å². The molecule has 3 rings (SSSR count). The fourth-order valence-corrected chi connectivity index (χ4v) is 3.54. The van der Waals surface area contributed by atoms with E-state index in [0.717, 1.165) is 25.8 Å². The molecule has 24 heavy (non-hydrogen) atoms. The Morgan fingerprint density at radius 3 is 2.79 bits per heavy atom. The van der Waals surface area contributed by atoms with Crippen molar-refractivity contribution in [3.63, 3.8) is 0 Å². The Morgan fingerprint density at radius 1 is 1.21 bits per heavy atom. The molecule has 1 aromatic rings. The molecule has 2 amide bonds. The second-order valence-electron chi connectivity index (χ2n) is 6.83. The summed E-state index contributed by atoms with van der Waals surface area (Å²) >= 11 is 0. The quantitative estimate of drug-likeness (QED) is 0.817. The lowest BCUT2D eigenvalue weighted by Gasteiger charge is -2.18. The first-order chi connectivity index (χ1) is 11.7. The molecule has 0 saturated carbocycles. The smallest absolute Gasteiger partial charge is 0.224 e. The molecule has 4 nitrogen and oxygen atoms in total. The van der Waals surface area contributed by atoms with Gasteiger partial charge in [-0.15, -0.1) is 0 Å². The van der Waals surface area contributed by atoms with Gasteiger partial charge in [0.05, 0.1) is 6.04 Å². The number of rotatable bonds is 6. The Balaban J connectivity index is 1.44. The number of carbonyl (C=O) groups excluding carboxylic acids is 2. The topological polar surface area (TPSA) is 49.4 Å².